The highest BCUT2D eigenvalue weighted by Gasteiger charge is 2.23. The van der Waals surface area contributed by atoms with Gasteiger partial charge in [0.05, 0.1) is 6.26 Å². The second-order valence-corrected chi connectivity index (χ2v) is 8.88. The molecule has 0 N–H and O–H groups in total. The number of benzene rings is 1. The Morgan fingerprint density at radius 1 is 1.21 bits per heavy atom. The molecule has 24 heavy (non-hydrogen) atoms. The van der Waals surface area contributed by atoms with E-state index in [0.717, 1.165) is 37.1 Å². The molecule has 1 saturated heterocycles. The van der Waals surface area contributed by atoms with Gasteiger partial charge in [-0.15, -0.1) is 0 Å². The Bertz CT molecular complexity index is 647. The highest BCUT2D eigenvalue weighted by atomic mass is 32.2. The normalized spacial score (nSPS) is 16.6. The predicted molar refractivity (Wildman–Crippen MR) is 96.0 cm³/mol. The molecule has 1 aromatic rings. The minimum absolute atomic E-state index is 0.0551. The van der Waals surface area contributed by atoms with E-state index >= 15 is 0 Å². The Hall–Kier alpha value is -1.40. The van der Waals surface area contributed by atoms with E-state index in [4.69, 9.17) is 0 Å². The lowest BCUT2D eigenvalue weighted by atomic mass is 9.99. The highest BCUT2D eigenvalue weighted by molar-refractivity contribution is 7.88. The van der Waals surface area contributed by atoms with Crippen LogP contribution in [0, 0.1) is 12.8 Å². The van der Waals surface area contributed by atoms with Gasteiger partial charge in [-0.25, -0.2) is 8.42 Å². The summed E-state index contributed by atoms with van der Waals surface area (Å²) in [6.45, 7) is 6.32. The van der Waals surface area contributed by atoms with Crippen LogP contribution in [-0.2, 0) is 21.4 Å². The first kappa shape index (κ1) is 18.9. The van der Waals surface area contributed by atoms with Crippen LogP contribution in [0.2, 0.25) is 0 Å². The van der Waals surface area contributed by atoms with Crippen LogP contribution in [-0.4, -0.2) is 49.4 Å². The fourth-order valence-electron chi connectivity index (χ4n) is 2.90. The molecule has 2 rings (SSSR count). The first-order valence-electron chi connectivity index (χ1n) is 8.54. The molecule has 0 radical (unpaired) electrons. The second kappa shape index (κ2) is 8.12. The molecule has 0 unspecified atom stereocenters. The molecule has 1 heterocycles. The van der Waals surface area contributed by atoms with Crippen LogP contribution in [0.4, 0.5) is 0 Å². The van der Waals surface area contributed by atoms with Crippen LogP contribution < -0.4 is 0 Å². The number of sulfonamides is 1. The van der Waals surface area contributed by atoms with Crippen LogP contribution >= 0.6 is 0 Å². The fourth-order valence-corrected chi connectivity index (χ4v) is 3.70. The van der Waals surface area contributed by atoms with Crippen molar-refractivity contribution in [3.05, 3.63) is 35.4 Å². The minimum Gasteiger partial charge on any atom is -0.343 e. The van der Waals surface area contributed by atoms with Gasteiger partial charge in [0.15, 0.2) is 0 Å². The van der Waals surface area contributed by atoms with Gasteiger partial charge in [0.2, 0.25) is 15.9 Å². The van der Waals surface area contributed by atoms with Crippen molar-refractivity contribution in [1.29, 1.82) is 0 Å². The van der Waals surface area contributed by atoms with Crippen molar-refractivity contribution in [3.8, 4) is 0 Å². The molecule has 0 aliphatic carbocycles. The lowest BCUT2D eigenvalue weighted by Gasteiger charge is -2.31. The standard InChI is InChI=1S/C18H28N2O3S/c1-15-4-6-17(7-5-15)14-20(24(3,22)23)13-10-18(21)19-11-8-16(2)9-12-19/h4-7,16H,8-14H2,1-3H3. The summed E-state index contributed by atoms with van der Waals surface area (Å²) in [4.78, 5) is 14.2. The predicted octanol–water partition coefficient (Wildman–Crippen LogP) is 2.41. The van der Waals surface area contributed by atoms with Crippen molar-refractivity contribution >= 4 is 15.9 Å². The zero-order valence-electron chi connectivity index (χ0n) is 14.9. The molecule has 0 bridgehead atoms. The van der Waals surface area contributed by atoms with Crippen molar-refractivity contribution in [1.82, 2.24) is 9.21 Å². The smallest absolute Gasteiger partial charge is 0.223 e. The molecular weight excluding hydrogens is 324 g/mol. The Morgan fingerprint density at radius 3 is 2.33 bits per heavy atom. The number of carbonyl (C=O) groups excluding carboxylic acids is 1. The summed E-state index contributed by atoms with van der Waals surface area (Å²) in [6.07, 6.45) is 3.51. The van der Waals surface area contributed by atoms with Crippen molar-refractivity contribution in [3.63, 3.8) is 0 Å². The number of hydrogen-bond donors (Lipinski definition) is 0. The summed E-state index contributed by atoms with van der Waals surface area (Å²) in [5.74, 6) is 0.725. The first-order chi connectivity index (χ1) is 11.3. The van der Waals surface area contributed by atoms with Gasteiger partial charge in [0.1, 0.15) is 0 Å². The number of piperidine rings is 1. The van der Waals surface area contributed by atoms with E-state index < -0.39 is 10.0 Å². The van der Waals surface area contributed by atoms with Gasteiger partial charge < -0.3 is 4.90 Å². The van der Waals surface area contributed by atoms with Gasteiger partial charge in [0.25, 0.3) is 0 Å². The molecule has 0 spiro atoms. The maximum absolute atomic E-state index is 12.3. The zero-order chi connectivity index (χ0) is 17.7. The summed E-state index contributed by atoms with van der Waals surface area (Å²) in [6, 6.07) is 7.80. The molecule has 6 heteroatoms. The lowest BCUT2D eigenvalue weighted by molar-refractivity contribution is -0.132. The van der Waals surface area contributed by atoms with Gasteiger partial charge in [-0.3, -0.25) is 4.79 Å². The average molecular weight is 353 g/mol. The van der Waals surface area contributed by atoms with Crippen molar-refractivity contribution < 1.29 is 13.2 Å². The van der Waals surface area contributed by atoms with E-state index in [1.807, 2.05) is 36.1 Å². The van der Waals surface area contributed by atoms with Crippen LogP contribution in [0.5, 0.6) is 0 Å². The molecule has 134 valence electrons. The molecule has 0 saturated carbocycles. The molecule has 1 amide bonds. The molecular formula is C18H28N2O3S. The minimum atomic E-state index is -3.35. The second-order valence-electron chi connectivity index (χ2n) is 6.90. The largest absolute Gasteiger partial charge is 0.343 e. The lowest BCUT2D eigenvalue weighted by Crippen LogP contribution is -2.40. The monoisotopic (exact) mass is 352 g/mol. The molecule has 1 aliphatic heterocycles. The van der Waals surface area contributed by atoms with Gasteiger partial charge in [-0.1, -0.05) is 36.8 Å². The topological polar surface area (TPSA) is 57.7 Å². The summed E-state index contributed by atoms with van der Waals surface area (Å²) >= 11 is 0. The highest BCUT2D eigenvalue weighted by Crippen LogP contribution is 2.17. The van der Waals surface area contributed by atoms with E-state index in [1.54, 1.807) is 0 Å². The van der Waals surface area contributed by atoms with Crippen molar-refractivity contribution in [2.24, 2.45) is 5.92 Å². The molecule has 0 aromatic heterocycles. The van der Waals surface area contributed by atoms with E-state index in [0.29, 0.717) is 12.5 Å². The Balaban J connectivity index is 1.94. The number of rotatable bonds is 6. The third-order valence-electron chi connectivity index (χ3n) is 4.66. The zero-order valence-corrected chi connectivity index (χ0v) is 15.7. The molecule has 1 fully saturated rings. The van der Waals surface area contributed by atoms with E-state index in [9.17, 15) is 13.2 Å². The number of nitrogens with zero attached hydrogens (tertiary/aromatic N) is 2. The third kappa shape index (κ3) is 5.60. The Kier molecular flexibility index (Phi) is 6.40. The van der Waals surface area contributed by atoms with Crippen molar-refractivity contribution in [2.45, 2.75) is 39.7 Å². The number of carbonyl (C=O) groups is 1. The van der Waals surface area contributed by atoms with Crippen molar-refractivity contribution in [2.75, 3.05) is 25.9 Å². The van der Waals surface area contributed by atoms with E-state index in [-0.39, 0.29) is 18.9 Å². The number of hydrogen-bond acceptors (Lipinski definition) is 3. The van der Waals surface area contributed by atoms with Crippen LogP contribution in [0.15, 0.2) is 24.3 Å². The fraction of sp³-hybridized carbons (Fsp3) is 0.611. The quantitative estimate of drug-likeness (QED) is 0.790. The maximum atomic E-state index is 12.3. The van der Waals surface area contributed by atoms with Crippen LogP contribution in [0.3, 0.4) is 0 Å². The molecule has 1 aromatic carbocycles. The number of amides is 1. The summed E-state index contributed by atoms with van der Waals surface area (Å²) in [5.41, 5.74) is 2.07. The summed E-state index contributed by atoms with van der Waals surface area (Å²) < 4.78 is 25.5. The number of aryl methyl sites for hydroxylation is 1. The average Bonchev–Trinajstić information content (AvgIpc) is 2.52. The molecule has 5 nitrogen and oxygen atoms in total. The molecule has 1 aliphatic rings. The third-order valence-corrected chi connectivity index (χ3v) is 5.91. The summed E-state index contributed by atoms with van der Waals surface area (Å²) in [5, 5.41) is 0. The maximum Gasteiger partial charge on any atom is 0.223 e. The van der Waals surface area contributed by atoms with Gasteiger partial charge in [0, 0.05) is 32.6 Å². The van der Waals surface area contributed by atoms with Gasteiger partial charge in [-0.05, 0) is 31.2 Å². The van der Waals surface area contributed by atoms with E-state index in [1.165, 1.54) is 10.6 Å². The Morgan fingerprint density at radius 2 is 1.79 bits per heavy atom. The first-order valence-corrected chi connectivity index (χ1v) is 10.4. The number of likely N-dealkylation sites (tertiary alicyclic amines) is 1. The SMILES string of the molecule is Cc1ccc(CN(CCC(=O)N2CCC(C)CC2)S(C)(=O)=O)cc1. The summed E-state index contributed by atoms with van der Waals surface area (Å²) in [7, 11) is -3.35. The molecule has 0 atom stereocenters. The van der Waals surface area contributed by atoms with Crippen LogP contribution in [0.1, 0.15) is 37.3 Å². The van der Waals surface area contributed by atoms with Gasteiger partial charge in [-0.2, -0.15) is 4.31 Å². The van der Waals surface area contributed by atoms with Crippen LogP contribution in [0.25, 0.3) is 0 Å². The van der Waals surface area contributed by atoms with Gasteiger partial charge >= 0.3 is 0 Å². The Labute approximate surface area is 145 Å². The van der Waals surface area contributed by atoms with E-state index in [2.05, 4.69) is 6.92 Å².